The quantitative estimate of drug-likeness (QED) is 0.797. The largest absolute Gasteiger partial charge is 0.337 e. The molecule has 3 rings (SSSR count). The molecule has 0 radical (unpaired) electrons. The van der Waals surface area contributed by atoms with Crippen molar-refractivity contribution in [1.29, 1.82) is 0 Å². The first-order valence-corrected chi connectivity index (χ1v) is 7.53. The molecule has 0 aliphatic carbocycles. The van der Waals surface area contributed by atoms with Crippen molar-refractivity contribution in [2.75, 3.05) is 6.54 Å². The highest BCUT2D eigenvalue weighted by Crippen LogP contribution is 2.18. The number of amides is 1. The van der Waals surface area contributed by atoms with Gasteiger partial charge in [-0.3, -0.25) is 9.78 Å². The van der Waals surface area contributed by atoms with Crippen molar-refractivity contribution in [3.63, 3.8) is 0 Å². The molecule has 1 aliphatic heterocycles. The molecule has 1 saturated heterocycles. The topological polar surface area (TPSA) is 33.2 Å². The summed E-state index contributed by atoms with van der Waals surface area (Å²) < 4.78 is 0. The molecule has 0 saturated carbocycles. The molecule has 22 heavy (non-hydrogen) atoms. The standard InChI is InChI=1S/C19H18N2O/c1-15-11-12-21(19(15)22)14-18-10-9-17(13-20-18)8-7-16-5-3-2-4-6-16/h2-6,9-10,13,15H,11-12,14H2,1H3/t15-/m0/s1. The second kappa shape index (κ2) is 6.44. The van der Waals surface area contributed by atoms with E-state index in [2.05, 4.69) is 16.8 Å². The van der Waals surface area contributed by atoms with Gasteiger partial charge >= 0.3 is 0 Å². The number of pyridine rings is 1. The van der Waals surface area contributed by atoms with Crippen molar-refractivity contribution in [3.8, 4) is 11.8 Å². The second-order valence-corrected chi connectivity index (χ2v) is 5.60. The van der Waals surface area contributed by atoms with Crippen LogP contribution in [0.2, 0.25) is 0 Å². The Kier molecular flexibility index (Phi) is 4.20. The van der Waals surface area contributed by atoms with Gasteiger partial charge in [-0.2, -0.15) is 0 Å². The van der Waals surface area contributed by atoms with Crippen LogP contribution in [-0.4, -0.2) is 22.3 Å². The highest BCUT2D eigenvalue weighted by Gasteiger charge is 2.27. The lowest BCUT2D eigenvalue weighted by molar-refractivity contribution is -0.131. The zero-order valence-electron chi connectivity index (χ0n) is 12.6. The van der Waals surface area contributed by atoms with Crippen LogP contribution in [0, 0.1) is 17.8 Å². The van der Waals surface area contributed by atoms with Gasteiger partial charge in [0.15, 0.2) is 0 Å². The van der Waals surface area contributed by atoms with Crippen LogP contribution in [0.5, 0.6) is 0 Å². The summed E-state index contributed by atoms with van der Waals surface area (Å²) in [6, 6.07) is 13.8. The molecule has 1 aromatic heterocycles. The smallest absolute Gasteiger partial charge is 0.225 e. The van der Waals surface area contributed by atoms with Crippen molar-refractivity contribution in [2.24, 2.45) is 5.92 Å². The van der Waals surface area contributed by atoms with E-state index in [1.54, 1.807) is 6.20 Å². The minimum absolute atomic E-state index is 0.149. The van der Waals surface area contributed by atoms with Gasteiger partial charge < -0.3 is 4.90 Å². The third kappa shape index (κ3) is 3.35. The molecule has 3 heteroatoms. The fourth-order valence-electron chi connectivity index (χ4n) is 2.51. The Bertz CT molecular complexity index is 711. The summed E-state index contributed by atoms with van der Waals surface area (Å²) in [5.74, 6) is 6.60. The molecule has 3 nitrogen and oxygen atoms in total. The van der Waals surface area contributed by atoms with Crippen LogP contribution in [0.15, 0.2) is 48.7 Å². The predicted octanol–water partition coefficient (Wildman–Crippen LogP) is 2.85. The van der Waals surface area contributed by atoms with Gasteiger partial charge in [0.1, 0.15) is 0 Å². The number of nitrogens with zero attached hydrogens (tertiary/aromatic N) is 2. The molecule has 1 atom stereocenters. The minimum atomic E-state index is 0.149. The fourth-order valence-corrected chi connectivity index (χ4v) is 2.51. The number of hydrogen-bond acceptors (Lipinski definition) is 2. The van der Waals surface area contributed by atoms with Crippen LogP contribution in [0.1, 0.15) is 30.2 Å². The zero-order chi connectivity index (χ0) is 15.4. The molecule has 0 N–H and O–H groups in total. The number of hydrogen-bond donors (Lipinski definition) is 0. The van der Waals surface area contributed by atoms with E-state index in [4.69, 9.17) is 0 Å². The molecule has 0 unspecified atom stereocenters. The Balaban J connectivity index is 1.66. The first-order chi connectivity index (χ1) is 10.7. The minimum Gasteiger partial charge on any atom is -0.337 e. The van der Waals surface area contributed by atoms with E-state index in [0.717, 1.165) is 29.8 Å². The van der Waals surface area contributed by atoms with Crippen LogP contribution in [0.25, 0.3) is 0 Å². The van der Waals surface area contributed by atoms with Crippen LogP contribution in [0.3, 0.4) is 0 Å². The Labute approximate surface area is 131 Å². The summed E-state index contributed by atoms with van der Waals surface area (Å²) in [7, 11) is 0. The van der Waals surface area contributed by atoms with Crippen molar-refractivity contribution in [1.82, 2.24) is 9.88 Å². The van der Waals surface area contributed by atoms with Gasteiger partial charge in [0.25, 0.3) is 0 Å². The van der Waals surface area contributed by atoms with E-state index < -0.39 is 0 Å². The summed E-state index contributed by atoms with van der Waals surface area (Å²) in [5, 5.41) is 0. The SMILES string of the molecule is C[C@H]1CCN(Cc2ccc(C#Cc3ccccc3)cn2)C1=O. The van der Waals surface area contributed by atoms with Crippen LogP contribution < -0.4 is 0 Å². The number of likely N-dealkylation sites (tertiary alicyclic amines) is 1. The first kappa shape index (κ1) is 14.3. The van der Waals surface area contributed by atoms with Gasteiger partial charge in [-0.05, 0) is 30.7 Å². The van der Waals surface area contributed by atoms with Crippen molar-refractivity contribution in [2.45, 2.75) is 19.9 Å². The van der Waals surface area contributed by atoms with Gasteiger partial charge in [-0.15, -0.1) is 0 Å². The molecule has 0 bridgehead atoms. The average Bonchev–Trinajstić information content (AvgIpc) is 2.87. The van der Waals surface area contributed by atoms with Gasteiger partial charge in [0.2, 0.25) is 5.91 Å². The Morgan fingerprint density at radius 2 is 1.91 bits per heavy atom. The van der Waals surface area contributed by atoms with E-state index >= 15 is 0 Å². The van der Waals surface area contributed by atoms with E-state index in [9.17, 15) is 4.79 Å². The molecular formula is C19H18N2O. The summed E-state index contributed by atoms with van der Waals surface area (Å²) in [4.78, 5) is 18.2. The summed E-state index contributed by atoms with van der Waals surface area (Å²) in [5.41, 5.74) is 2.78. The second-order valence-electron chi connectivity index (χ2n) is 5.60. The van der Waals surface area contributed by atoms with E-state index in [1.807, 2.05) is 54.3 Å². The normalized spacial score (nSPS) is 17.2. The Morgan fingerprint density at radius 3 is 2.55 bits per heavy atom. The lowest BCUT2D eigenvalue weighted by atomic mass is 10.1. The van der Waals surface area contributed by atoms with Crippen molar-refractivity contribution < 1.29 is 4.79 Å². The predicted molar refractivity (Wildman–Crippen MR) is 85.9 cm³/mol. The summed E-state index contributed by atoms with van der Waals surface area (Å²) in [6.07, 6.45) is 2.72. The van der Waals surface area contributed by atoms with E-state index in [0.29, 0.717) is 6.54 Å². The molecule has 1 aromatic carbocycles. The van der Waals surface area contributed by atoms with Gasteiger partial charge in [0.05, 0.1) is 12.2 Å². The lowest BCUT2D eigenvalue weighted by Gasteiger charge is -2.15. The maximum absolute atomic E-state index is 11.9. The molecule has 0 spiro atoms. The van der Waals surface area contributed by atoms with Crippen molar-refractivity contribution in [3.05, 3.63) is 65.5 Å². The third-order valence-corrected chi connectivity index (χ3v) is 3.87. The fraction of sp³-hybridized carbons (Fsp3) is 0.263. The molecule has 1 fully saturated rings. The molecule has 1 aliphatic rings. The van der Waals surface area contributed by atoms with Gasteiger partial charge in [0, 0.05) is 29.8 Å². The molecule has 2 heterocycles. The molecular weight excluding hydrogens is 272 g/mol. The Hall–Kier alpha value is -2.60. The maximum atomic E-state index is 11.9. The number of benzene rings is 1. The average molecular weight is 290 g/mol. The summed E-state index contributed by atoms with van der Waals surface area (Å²) in [6.45, 7) is 3.41. The van der Waals surface area contributed by atoms with E-state index in [1.165, 1.54) is 0 Å². The van der Waals surface area contributed by atoms with Crippen LogP contribution in [-0.2, 0) is 11.3 Å². The van der Waals surface area contributed by atoms with Gasteiger partial charge in [-0.25, -0.2) is 0 Å². The van der Waals surface area contributed by atoms with Crippen LogP contribution in [0.4, 0.5) is 0 Å². The maximum Gasteiger partial charge on any atom is 0.225 e. The number of rotatable bonds is 2. The first-order valence-electron chi connectivity index (χ1n) is 7.53. The molecule has 110 valence electrons. The Morgan fingerprint density at radius 1 is 1.14 bits per heavy atom. The number of aromatic nitrogens is 1. The monoisotopic (exact) mass is 290 g/mol. The van der Waals surface area contributed by atoms with Crippen LogP contribution >= 0.6 is 0 Å². The zero-order valence-corrected chi connectivity index (χ0v) is 12.6. The number of carbonyl (C=O) groups is 1. The van der Waals surface area contributed by atoms with Crippen molar-refractivity contribution >= 4 is 5.91 Å². The summed E-state index contributed by atoms with van der Waals surface area (Å²) >= 11 is 0. The third-order valence-electron chi connectivity index (χ3n) is 3.87. The number of carbonyl (C=O) groups excluding carboxylic acids is 1. The highest BCUT2D eigenvalue weighted by molar-refractivity contribution is 5.80. The molecule has 2 aromatic rings. The molecule has 1 amide bonds. The van der Waals surface area contributed by atoms with Gasteiger partial charge in [-0.1, -0.05) is 37.0 Å². The van der Waals surface area contributed by atoms with E-state index in [-0.39, 0.29) is 11.8 Å². The highest BCUT2D eigenvalue weighted by atomic mass is 16.2. The lowest BCUT2D eigenvalue weighted by Crippen LogP contribution is -2.26.